The molecular formula is C20H26FN5S. The average molecular weight is 388 g/mol. The fourth-order valence-corrected chi connectivity index (χ4v) is 3.84. The molecule has 2 aromatic heterocycles. The molecular weight excluding hydrogens is 361 g/mol. The lowest BCUT2D eigenvalue weighted by atomic mass is 10.1. The molecule has 1 aromatic carbocycles. The fraction of sp³-hybridized carbons (Fsp3) is 0.400. The molecule has 0 atom stereocenters. The van der Waals surface area contributed by atoms with Crippen LogP contribution < -0.4 is 10.6 Å². The number of thiazole rings is 1. The number of fused-ring (bicyclic) bond motifs is 1. The van der Waals surface area contributed by atoms with E-state index in [1.807, 2.05) is 13.1 Å². The van der Waals surface area contributed by atoms with E-state index in [1.54, 1.807) is 30.5 Å². The van der Waals surface area contributed by atoms with Crippen molar-refractivity contribution in [1.29, 1.82) is 0 Å². The van der Waals surface area contributed by atoms with E-state index in [0.29, 0.717) is 0 Å². The van der Waals surface area contributed by atoms with Gasteiger partial charge in [-0.3, -0.25) is 4.99 Å². The Labute approximate surface area is 163 Å². The van der Waals surface area contributed by atoms with Gasteiger partial charge in [0, 0.05) is 48.3 Å². The molecule has 0 bridgehead atoms. The van der Waals surface area contributed by atoms with Crippen LogP contribution in [-0.4, -0.2) is 36.1 Å². The summed E-state index contributed by atoms with van der Waals surface area (Å²) < 4.78 is 13.4. The zero-order valence-corrected chi connectivity index (χ0v) is 16.6. The van der Waals surface area contributed by atoms with E-state index in [2.05, 4.69) is 31.0 Å². The number of benzene rings is 1. The lowest BCUT2D eigenvalue weighted by molar-refractivity contribution is 0.629. The molecule has 0 aliphatic rings. The van der Waals surface area contributed by atoms with Crippen molar-refractivity contribution < 1.29 is 4.39 Å². The van der Waals surface area contributed by atoms with Gasteiger partial charge in [-0.05, 0) is 56.4 Å². The van der Waals surface area contributed by atoms with E-state index in [1.165, 1.54) is 11.1 Å². The molecule has 0 saturated heterocycles. The van der Waals surface area contributed by atoms with Crippen LogP contribution in [0.1, 0.15) is 29.1 Å². The third-order valence-corrected chi connectivity index (χ3v) is 5.44. The number of aliphatic imine (C=N–C) groups is 1. The van der Waals surface area contributed by atoms with Gasteiger partial charge in [-0.1, -0.05) is 0 Å². The van der Waals surface area contributed by atoms with E-state index in [4.69, 9.17) is 0 Å². The Morgan fingerprint density at radius 1 is 1.22 bits per heavy atom. The zero-order valence-electron chi connectivity index (χ0n) is 15.8. The van der Waals surface area contributed by atoms with Crippen molar-refractivity contribution in [2.24, 2.45) is 4.99 Å². The first-order chi connectivity index (χ1) is 13.2. The van der Waals surface area contributed by atoms with Crippen LogP contribution in [-0.2, 0) is 12.8 Å². The molecule has 3 N–H and O–H groups in total. The third-order valence-electron chi connectivity index (χ3n) is 4.42. The molecule has 0 unspecified atom stereocenters. The second kappa shape index (κ2) is 9.50. The SMILES string of the molecule is CN=C(NCCCCc1nc(C)cs1)NCCc1c[nH]c2ccc(F)cc12. The predicted octanol–water partition coefficient (Wildman–Crippen LogP) is 3.80. The highest BCUT2D eigenvalue weighted by molar-refractivity contribution is 7.09. The number of rotatable bonds is 8. The first kappa shape index (κ1) is 19.4. The number of halogens is 1. The number of aromatic amines is 1. The van der Waals surface area contributed by atoms with Crippen LogP contribution in [0.4, 0.5) is 4.39 Å². The van der Waals surface area contributed by atoms with Crippen molar-refractivity contribution in [3.63, 3.8) is 0 Å². The van der Waals surface area contributed by atoms with E-state index in [-0.39, 0.29) is 5.82 Å². The quantitative estimate of drug-likeness (QED) is 0.313. The number of guanidine groups is 1. The lowest BCUT2D eigenvalue weighted by Gasteiger charge is -2.11. The molecule has 5 nitrogen and oxygen atoms in total. The number of aryl methyl sites for hydroxylation is 2. The Hall–Kier alpha value is -2.41. The third kappa shape index (κ3) is 5.53. The number of nitrogens with one attached hydrogen (secondary N) is 3. The van der Waals surface area contributed by atoms with E-state index >= 15 is 0 Å². The highest BCUT2D eigenvalue weighted by Gasteiger charge is 2.05. The van der Waals surface area contributed by atoms with E-state index in [0.717, 1.165) is 66.9 Å². The van der Waals surface area contributed by atoms with Crippen LogP contribution in [0, 0.1) is 12.7 Å². The van der Waals surface area contributed by atoms with Crippen LogP contribution in [0.25, 0.3) is 10.9 Å². The van der Waals surface area contributed by atoms with Crippen LogP contribution in [0.5, 0.6) is 0 Å². The van der Waals surface area contributed by atoms with Gasteiger partial charge >= 0.3 is 0 Å². The second-order valence-corrected chi connectivity index (χ2v) is 7.46. The van der Waals surface area contributed by atoms with Crippen LogP contribution in [0.2, 0.25) is 0 Å². The molecule has 27 heavy (non-hydrogen) atoms. The Balaban J connectivity index is 1.37. The van der Waals surface area contributed by atoms with Gasteiger partial charge in [0.05, 0.1) is 5.01 Å². The van der Waals surface area contributed by atoms with Gasteiger partial charge in [0.1, 0.15) is 5.82 Å². The molecule has 7 heteroatoms. The number of aromatic nitrogens is 2. The lowest BCUT2D eigenvalue weighted by Crippen LogP contribution is -2.38. The summed E-state index contributed by atoms with van der Waals surface area (Å²) >= 11 is 1.74. The fourth-order valence-electron chi connectivity index (χ4n) is 3.02. The van der Waals surface area contributed by atoms with Crippen molar-refractivity contribution in [1.82, 2.24) is 20.6 Å². The maximum absolute atomic E-state index is 13.4. The Morgan fingerprint density at radius 2 is 2.07 bits per heavy atom. The van der Waals surface area contributed by atoms with Gasteiger partial charge in [0.2, 0.25) is 0 Å². The summed E-state index contributed by atoms with van der Waals surface area (Å²) in [6.45, 7) is 3.65. The normalized spacial score (nSPS) is 11.9. The summed E-state index contributed by atoms with van der Waals surface area (Å²) in [5, 5.41) is 10.9. The Kier molecular flexibility index (Phi) is 6.81. The monoisotopic (exact) mass is 387 g/mol. The standard InChI is InChI=1S/C20H26FN5S/c1-14-13-27-19(26-14)5-3-4-9-23-20(22-2)24-10-8-15-12-25-18-7-6-16(21)11-17(15)18/h6-7,11-13,25H,3-5,8-10H2,1-2H3,(H2,22,23,24). The van der Waals surface area contributed by atoms with Crippen LogP contribution >= 0.6 is 11.3 Å². The van der Waals surface area contributed by atoms with Gasteiger partial charge in [-0.15, -0.1) is 11.3 Å². The number of H-pyrrole nitrogens is 1. The highest BCUT2D eigenvalue weighted by atomic mass is 32.1. The molecule has 2 heterocycles. The maximum Gasteiger partial charge on any atom is 0.190 e. The van der Waals surface area contributed by atoms with Crippen molar-refractivity contribution in [2.75, 3.05) is 20.1 Å². The Bertz CT molecular complexity index is 899. The largest absolute Gasteiger partial charge is 0.361 e. The topological polar surface area (TPSA) is 65.1 Å². The molecule has 0 spiro atoms. The number of unbranched alkanes of at least 4 members (excludes halogenated alkanes) is 1. The molecule has 144 valence electrons. The van der Waals surface area contributed by atoms with Gasteiger partial charge in [-0.25, -0.2) is 9.37 Å². The summed E-state index contributed by atoms with van der Waals surface area (Å²) in [5.41, 5.74) is 3.17. The van der Waals surface area contributed by atoms with Gasteiger partial charge < -0.3 is 15.6 Å². The molecule has 0 fully saturated rings. The van der Waals surface area contributed by atoms with Crippen molar-refractivity contribution in [3.05, 3.63) is 51.9 Å². The van der Waals surface area contributed by atoms with Crippen LogP contribution in [0.15, 0.2) is 34.8 Å². The predicted molar refractivity (Wildman–Crippen MR) is 111 cm³/mol. The van der Waals surface area contributed by atoms with Crippen molar-refractivity contribution >= 4 is 28.2 Å². The van der Waals surface area contributed by atoms with Crippen molar-refractivity contribution in [3.8, 4) is 0 Å². The van der Waals surface area contributed by atoms with Crippen molar-refractivity contribution in [2.45, 2.75) is 32.6 Å². The van der Waals surface area contributed by atoms with Gasteiger partial charge in [0.15, 0.2) is 5.96 Å². The smallest absolute Gasteiger partial charge is 0.190 e. The highest BCUT2D eigenvalue weighted by Crippen LogP contribution is 2.19. The molecule has 0 radical (unpaired) electrons. The second-order valence-electron chi connectivity index (χ2n) is 6.52. The summed E-state index contributed by atoms with van der Waals surface area (Å²) in [5.74, 6) is 0.591. The molecule has 3 rings (SSSR count). The Morgan fingerprint density at radius 3 is 2.85 bits per heavy atom. The number of hydrogen-bond acceptors (Lipinski definition) is 3. The molecule has 0 aliphatic heterocycles. The molecule has 0 amide bonds. The summed E-state index contributed by atoms with van der Waals surface area (Å²) in [7, 11) is 1.77. The first-order valence-corrected chi connectivity index (χ1v) is 10.1. The zero-order chi connectivity index (χ0) is 19.1. The summed E-state index contributed by atoms with van der Waals surface area (Å²) in [6, 6.07) is 4.83. The number of nitrogens with zero attached hydrogens (tertiary/aromatic N) is 2. The van der Waals surface area contributed by atoms with Gasteiger partial charge in [0.25, 0.3) is 0 Å². The average Bonchev–Trinajstić information content (AvgIpc) is 3.26. The minimum atomic E-state index is -0.207. The maximum atomic E-state index is 13.4. The molecule has 0 saturated carbocycles. The van der Waals surface area contributed by atoms with Gasteiger partial charge in [-0.2, -0.15) is 0 Å². The molecule has 3 aromatic rings. The molecule has 0 aliphatic carbocycles. The summed E-state index contributed by atoms with van der Waals surface area (Å²) in [6.07, 6.45) is 5.96. The van der Waals surface area contributed by atoms with E-state index in [9.17, 15) is 4.39 Å². The summed E-state index contributed by atoms with van der Waals surface area (Å²) in [4.78, 5) is 11.9. The first-order valence-electron chi connectivity index (χ1n) is 9.27. The number of hydrogen-bond donors (Lipinski definition) is 3. The van der Waals surface area contributed by atoms with E-state index < -0.39 is 0 Å². The minimum absolute atomic E-state index is 0.207. The van der Waals surface area contributed by atoms with Crippen LogP contribution in [0.3, 0.4) is 0 Å². The minimum Gasteiger partial charge on any atom is -0.361 e.